The second-order valence-electron chi connectivity index (χ2n) is 2.64. The molecule has 1 saturated heterocycles. The van der Waals surface area contributed by atoms with Crippen molar-refractivity contribution < 1.29 is 23.5 Å². The molecule has 2 amide bonds. The van der Waals surface area contributed by atoms with Gasteiger partial charge in [0, 0.05) is 0 Å². The van der Waals surface area contributed by atoms with Gasteiger partial charge in [-0.05, 0) is 6.07 Å². The Labute approximate surface area is 78.8 Å². The van der Waals surface area contributed by atoms with E-state index in [1.54, 1.807) is 0 Å². The maximum absolute atomic E-state index is 11.2. The number of alkyl carbamates (subject to hydrolysis) is 1. The molecule has 1 aliphatic heterocycles. The highest BCUT2D eigenvalue weighted by molar-refractivity contribution is 6.00. The fourth-order valence-corrected chi connectivity index (χ4v) is 1.23. The molecule has 1 aromatic rings. The lowest BCUT2D eigenvalue weighted by Crippen LogP contribution is -2.20. The van der Waals surface area contributed by atoms with Crippen LogP contribution in [0.2, 0.25) is 0 Å². The van der Waals surface area contributed by atoms with Gasteiger partial charge in [0.2, 0.25) is 6.10 Å². The molecule has 0 saturated carbocycles. The third-order valence-electron chi connectivity index (χ3n) is 1.81. The van der Waals surface area contributed by atoms with Crippen molar-refractivity contribution in [3.8, 4) is 5.95 Å². The fourth-order valence-electron chi connectivity index (χ4n) is 1.23. The first-order valence-corrected chi connectivity index (χ1v) is 3.85. The van der Waals surface area contributed by atoms with E-state index < -0.39 is 18.1 Å². The molecule has 6 heteroatoms. The summed E-state index contributed by atoms with van der Waals surface area (Å²) in [5.74, 6) is -0.352. The molecule has 2 heterocycles. The Hall–Kier alpha value is -1.98. The van der Waals surface area contributed by atoms with E-state index in [1.165, 1.54) is 19.4 Å². The molecule has 0 aromatic carbocycles. The van der Waals surface area contributed by atoms with Crippen molar-refractivity contribution in [3.63, 3.8) is 0 Å². The maximum atomic E-state index is 11.2. The molecule has 74 valence electrons. The van der Waals surface area contributed by atoms with Gasteiger partial charge in [0.05, 0.1) is 18.9 Å². The number of amides is 2. The highest BCUT2D eigenvalue weighted by Gasteiger charge is 2.36. The molecule has 0 spiro atoms. The van der Waals surface area contributed by atoms with Gasteiger partial charge in [-0.1, -0.05) is 0 Å². The van der Waals surface area contributed by atoms with Crippen LogP contribution in [0, 0.1) is 0 Å². The highest BCUT2D eigenvalue weighted by atomic mass is 16.6. The first kappa shape index (κ1) is 8.61. The maximum Gasteiger partial charge on any atom is 0.415 e. The van der Waals surface area contributed by atoms with Gasteiger partial charge in [-0.3, -0.25) is 10.1 Å². The number of ether oxygens (including phenoxy) is 2. The van der Waals surface area contributed by atoms with E-state index in [2.05, 4.69) is 0 Å². The first-order chi connectivity index (χ1) is 6.72. The van der Waals surface area contributed by atoms with E-state index >= 15 is 0 Å². The highest BCUT2D eigenvalue weighted by Crippen LogP contribution is 2.30. The summed E-state index contributed by atoms with van der Waals surface area (Å²) in [7, 11) is 1.40. The summed E-state index contributed by atoms with van der Waals surface area (Å²) in [5.41, 5.74) is 0.399. The molecule has 1 unspecified atom stereocenters. The van der Waals surface area contributed by atoms with Crippen molar-refractivity contribution in [2.24, 2.45) is 0 Å². The predicted molar refractivity (Wildman–Crippen MR) is 42.6 cm³/mol. The number of nitrogens with one attached hydrogen (secondary N) is 1. The quantitative estimate of drug-likeness (QED) is 0.750. The van der Waals surface area contributed by atoms with E-state index in [-0.39, 0.29) is 5.95 Å². The Bertz CT molecular complexity index is 383. The molecule has 0 bridgehead atoms. The molecule has 2 rings (SSSR count). The van der Waals surface area contributed by atoms with E-state index in [9.17, 15) is 9.59 Å². The van der Waals surface area contributed by atoms with Crippen molar-refractivity contribution in [2.45, 2.75) is 6.10 Å². The summed E-state index contributed by atoms with van der Waals surface area (Å²) >= 11 is 0. The third-order valence-corrected chi connectivity index (χ3v) is 1.81. The predicted octanol–water partition coefficient (Wildman–Crippen LogP) is 0.596. The molecule has 14 heavy (non-hydrogen) atoms. The summed E-state index contributed by atoms with van der Waals surface area (Å²) < 4.78 is 14.5. The summed E-state index contributed by atoms with van der Waals surface area (Å²) in [6.07, 6.45) is -0.382. The molecule has 1 fully saturated rings. The molecule has 0 radical (unpaired) electrons. The number of imide groups is 1. The number of carbonyl (C=O) groups is 2. The summed E-state index contributed by atoms with van der Waals surface area (Å²) in [4.78, 5) is 21.9. The zero-order chi connectivity index (χ0) is 10.1. The van der Waals surface area contributed by atoms with Crippen molar-refractivity contribution in [1.82, 2.24) is 5.32 Å². The summed E-state index contributed by atoms with van der Waals surface area (Å²) in [6, 6.07) is 1.52. The van der Waals surface area contributed by atoms with Crippen LogP contribution in [-0.2, 0) is 9.53 Å². The Kier molecular flexibility index (Phi) is 1.88. The van der Waals surface area contributed by atoms with Crippen LogP contribution >= 0.6 is 0 Å². The molecular formula is C8H7NO5. The van der Waals surface area contributed by atoms with Crippen LogP contribution in [-0.4, -0.2) is 19.1 Å². The van der Waals surface area contributed by atoms with Gasteiger partial charge in [-0.15, -0.1) is 0 Å². The molecule has 1 aromatic heterocycles. The minimum absolute atomic E-state index is 0.167. The lowest BCUT2D eigenvalue weighted by Gasteiger charge is -2.04. The van der Waals surface area contributed by atoms with E-state index in [1.807, 2.05) is 5.32 Å². The molecule has 1 N–H and O–H groups in total. The van der Waals surface area contributed by atoms with Crippen LogP contribution < -0.4 is 10.1 Å². The number of hydrogen-bond donors (Lipinski definition) is 1. The molecule has 1 atom stereocenters. The Morgan fingerprint density at radius 2 is 2.29 bits per heavy atom. The van der Waals surface area contributed by atoms with Gasteiger partial charge in [0.25, 0.3) is 11.9 Å². The Balaban J connectivity index is 2.31. The first-order valence-electron chi connectivity index (χ1n) is 3.85. The smallest absolute Gasteiger partial charge is 0.415 e. The van der Waals surface area contributed by atoms with Gasteiger partial charge in [-0.25, -0.2) is 4.79 Å². The number of hydrogen-bond acceptors (Lipinski definition) is 5. The van der Waals surface area contributed by atoms with Crippen LogP contribution in [0.4, 0.5) is 4.79 Å². The van der Waals surface area contributed by atoms with Gasteiger partial charge in [0.1, 0.15) is 0 Å². The van der Waals surface area contributed by atoms with Crippen LogP contribution in [0.3, 0.4) is 0 Å². The van der Waals surface area contributed by atoms with Gasteiger partial charge in [0.15, 0.2) is 0 Å². The zero-order valence-electron chi connectivity index (χ0n) is 7.27. The van der Waals surface area contributed by atoms with Crippen molar-refractivity contribution in [1.29, 1.82) is 0 Å². The third kappa shape index (κ3) is 1.20. The van der Waals surface area contributed by atoms with Crippen LogP contribution in [0.25, 0.3) is 0 Å². The van der Waals surface area contributed by atoms with Crippen LogP contribution in [0.1, 0.15) is 11.7 Å². The van der Waals surface area contributed by atoms with E-state index in [0.717, 1.165) is 0 Å². The second kappa shape index (κ2) is 3.06. The zero-order valence-corrected chi connectivity index (χ0v) is 7.27. The normalized spacial score (nSPS) is 20.5. The SMILES string of the molecule is COc1occc1C1OC(=O)NC1=O. The molecule has 0 aliphatic carbocycles. The van der Waals surface area contributed by atoms with Crippen molar-refractivity contribution in [3.05, 3.63) is 17.9 Å². The van der Waals surface area contributed by atoms with Crippen LogP contribution in [0.15, 0.2) is 16.7 Å². The summed E-state index contributed by atoms with van der Waals surface area (Å²) in [5, 5.41) is 2.01. The number of methoxy groups -OCH3 is 1. The van der Waals surface area contributed by atoms with Crippen molar-refractivity contribution in [2.75, 3.05) is 7.11 Å². The number of rotatable bonds is 2. The standard InChI is InChI=1S/C8H7NO5/c1-12-7-4(2-3-13-7)5-6(10)9-8(11)14-5/h2-3,5H,1H3,(H,9,10,11). The Morgan fingerprint density at radius 3 is 2.86 bits per heavy atom. The van der Waals surface area contributed by atoms with E-state index in [4.69, 9.17) is 13.9 Å². The second-order valence-corrected chi connectivity index (χ2v) is 2.64. The number of cyclic esters (lactones) is 1. The number of carbonyl (C=O) groups excluding carboxylic acids is 2. The monoisotopic (exact) mass is 197 g/mol. The molecule has 6 nitrogen and oxygen atoms in total. The van der Waals surface area contributed by atoms with Crippen LogP contribution in [0.5, 0.6) is 5.95 Å². The largest absolute Gasteiger partial charge is 0.468 e. The van der Waals surface area contributed by atoms with Gasteiger partial charge in [-0.2, -0.15) is 0 Å². The average molecular weight is 197 g/mol. The lowest BCUT2D eigenvalue weighted by atomic mass is 10.2. The lowest BCUT2D eigenvalue weighted by molar-refractivity contribution is -0.123. The van der Waals surface area contributed by atoms with Gasteiger partial charge < -0.3 is 13.9 Å². The molecule has 1 aliphatic rings. The average Bonchev–Trinajstić information content (AvgIpc) is 2.71. The molecular weight excluding hydrogens is 190 g/mol. The summed E-state index contributed by atoms with van der Waals surface area (Å²) in [6.45, 7) is 0. The topological polar surface area (TPSA) is 77.8 Å². The van der Waals surface area contributed by atoms with E-state index in [0.29, 0.717) is 5.56 Å². The Morgan fingerprint density at radius 1 is 1.50 bits per heavy atom. The minimum atomic E-state index is -0.976. The number of furan rings is 1. The minimum Gasteiger partial charge on any atom is -0.468 e. The van der Waals surface area contributed by atoms with Gasteiger partial charge >= 0.3 is 6.09 Å². The van der Waals surface area contributed by atoms with Crippen molar-refractivity contribution >= 4 is 12.0 Å². The fraction of sp³-hybridized carbons (Fsp3) is 0.250.